The molecule has 1 heterocycles. The van der Waals surface area contributed by atoms with E-state index in [1.54, 1.807) is 0 Å². The minimum atomic E-state index is 0.811. The Labute approximate surface area is 111 Å². The molecule has 104 valence electrons. The maximum atomic E-state index is 4.66. The molecule has 2 fully saturated rings. The molecule has 0 aromatic rings. The van der Waals surface area contributed by atoms with Crippen molar-refractivity contribution in [3.63, 3.8) is 0 Å². The second-order valence-corrected chi connectivity index (χ2v) is 5.79. The van der Waals surface area contributed by atoms with Crippen LogP contribution in [0.3, 0.4) is 0 Å². The quantitative estimate of drug-likeness (QED) is 0.572. The van der Waals surface area contributed by atoms with Crippen LogP contribution < -0.4 is 10.6 Å². The Kier molecular flexibility index (Phi) is 5.29. The van der Waals surface area contributed by atoms with E-state index in [9.17, 15) is 0 Å². The lowest BCUT2D eigenvalue weighted by Crippen LogP contribution is -2.42. The molecule has 1 aliphatic heterocycles. The fourth-order valence-electron chi connectivity index (χ4n) is 2.37. The molecule has 2 rings (SSSR count). The van der Waals surface area contributed by atoms with E-state index in [2.05, 4.69) is 34.5 Å². The van der Waals surface area contributed by atoms with Gasteiger partial charge >= 0.3 is 0 Å². The maximum Gasteiger partial charge on any atom is 0.191 e. The van der Waals surface area contributed by atoms with Crippen molar-refractivity contribution in [2.45, 2.75) is 32.6 Å². The van der Waals surface area contributed by atoms with E-state index in [0.717, 1.165) is 37.4 Å². The molecule has 2 aliphatic rings. The van der Waals surface area contributed by atoms with E-state index in [1.165, 1.54) is 38.8 Å². The van der Waals surface area contributed by atoms with Crippen LogP contribution in [0, 0.1) is 11.8 Å². The Hall–Kier alpha value is -0.770. The SMILES string of the molecule is CCNC(=NCC1CC1)NCC1CCN(C)CC1. The third-order valence-corrected chi connectivity index (χ3v) is 3.95. The van der Waals surface area contributed by atoms with Gasteiger partial charge in [-0.25, -0.2) is 0 Å². The van der Waals surface area contributed by atoms with Crippen molar-refractivity contribution >= 4 is 5.96 Å². The second kappa shape index (κ2) is 6.98. The summed E-state index contributed by atoms with van der Waals surface area (Å²) in [5, 5.41) is 6.85. The minimum Gasteiger partial charge on any atom is -0.357 e. The first-order valence-corrected chi connectivity index (χ1v) is 7.48. The number of guanidine groups is 1. The molecule has 1 saturated heterocycles. The second-order valence-electron chi connectivity index (χ2n) is 5.79. The largest absolute Gasteiger partial charge is 0.357 e. The first-order chi connectivity index (χ1) is 8.78. The van der Waals surface area contributed by atoms with Gasteiger partial charge in [-0.2, -0.15) is 0 Å². The van der Waals surface area contributed by atoms with Gasteiger partial charge in [0.2, 0.25) is 0 Å². The number of hydrogen-bond donors (Lipinski definition) is 2. The normalized spacial score (nSPS) is 23.1. The van der Waals surface area contributed by atoms with Gasteiger partial charge < -0.3 is 15.5 Å². The first kappa shape index (κ1) is 13.7. The van der Waals surface area contributed by atoms with Crippen molar-refractivity contribution < 1.29 is 0 Å². The Morgan fingerprint density at radius 2 is 1.83 bits per heavy atom. The van der Waals surface area contributed by atoms with Crippen LogP contribution >= 0.6 is 0 Å². The summed E-state index contributed by atoms with van der Waals surface area (Å²) in [5.41, 5.74) is 0. The highest BCUT2D eigenvalue weighted by Gasteiger charge is 2.21. The zero-order chi connectivity index (χ0) is 12.8. The van der Waals surface area contributed by atoms with Crippen LogP contribution in [-0.4, -0.2) is 50.6 Å². The van der Waals surface area contributed by atoms with Crippen molar-refractivity contribution in [1.29, 1.82) is 0 Å². The topological polar surface area (TPSA) is 39.7 Å². The highest BCUT2D eigenvalue weighted by Crippen LogP contribution is 2.28. The predicted octanol–water partition coefficient (Wildman–Crippen LogP) is 1.29. The van der Waals surface area contributed by atoms with Crippen LogP contribution in [0.25, 0.3) is 0 Å². The Morgan fingerprint density at radius 1 is 1.11 bits per heavy atom. The lowest BCUT2D eigenvalue weighted by Gasteiger charge is -2.29. The van der Waals surface area contributed by atoms with Gasteiger partial charge in [0.1, 0.15) is 0 Å². The van der Waals surface area contributed by atoms with Gasteiger partial charge in [0.15, 0.2) is 5.96 Å². The van der Waals surface area contributed by atoms with E-state index >= 15 is 0 Å². The third kappa shape index (κ3) is 4.84. The van der Waals surface area contributed by atoms with Gasteiger partial charge in [-0.15, -0.1) is 0 Å². The van der Waals surface area contributed by atoms with Crippen LogP contribution in [-0.2, 0) is 0 Å². The summed E-state index contributed by atoms with van der Waals surface area (Å²) < 4.78 is 0. The van der Waals surface area contributed by atoms with Gasteiger partial charge in [0.05, 0.1) is 0 Å². The van der Waals surface area contributed by atoms with E-state index < -0.39 is 0 Å². The van der Waals surface area contributed by atoms with Gasteiger partial charge in [-0.3, -0.25) is 4.99 Å². The molecule has 0 radical (unpaired) electrons. The fourth-order valence-corrected chi connectivity index (χ4v) is 2.37. The molecule has 0 aromatic heterocycles. The van der Waals surface area contributed by atoms with Crippen molar-refractivity contribution in [2.24, 2.45) is 16.8 Å². The standard InChI is InChI=1S/C14H28N4/c1-3-15-14(16-10-12-4-5-12)17-11-13-6-8-18(2)9-7-13/h12-13H,3-11H2,1-2H3,(H2,15,16,17). The van der Waals surface area contributed by atoms with Gasteiger partial charge in [0, 0.05) is 19.6 Å². The Morgan fingerprint density at radius 3 is 2.44 bits per heavy atom. The molecular weight excluding hydrogens is 224 g/mol. The molecule has 0 spiro atoms. The lowest BCUT2D eigenvalue weighted by atomic mass is 9.97. The monoisotopic (exact) mass is 252 g/mol. The van der Waals surface area contributed by atoms with Crippen molar-refractivity contribution in [2.75, 3.05) is 39.8 Å². The molecule has 2 N–H and O–H groups in total. The summed E-state index contributed by atoms with van der Waals surface area (Å²) in [6, 6.07) is 0. The number of likely N-dealkylation sites (tertiary alicyclic amines) is 1. The third-order valence-electron chi connectivity index (χ3n) is 3.95. The summed E-state index contributed by atoms with van der Waals surface area (Å²) in [6.07, 6.45) is 5.37. The van der Waals surface area contributed by atoms with Crippen molar-refractivity contribution in [3.8, 4) is 0 Å². The van der Waals surface area contributed by atoms with Crippen molar-refractivity contribution in [1.82, 2.24) is 15.5 Å². The van der Waals surface area contributed by atoms with Gasteiger partial charge in [0.25, 0.3) is 0 Å². The highest BCUT2D eigenvalue weighted by molar-refractivity contribution is 5.79. The van der Waals surface area contributed by atoms with Crippen LogP contribution in [0.1, 0.15) is 32.6 Å². The molecule has 0 amide bonds. The van der Waals surface area contributed by atoms with Crippen LogP contribution in [0.5, 0.6) is 0 Å². The minimum absolute atomic E-state index is 0.811. The number of piperidine rings is 1. The van der Waals surface area contributed by atoms with E-state index in [-0.39, 0.29) is 0 Å². The Bertz CT molecular complexity index is 265. The predicted molar refractivity (Wildman–Crippen MR) is 76.9 cm³/mol. The number of nitrogens with zero attached hydrogens (tertiary/aromatic N) is 2. The molecule has 1 saturated carbocycles. The van der Waals surface area contributed by atoms with E-state index in [1.807, 2.05) is 0 Å². The molecule has 4 nitrogen and oxygen atoms in total. The first-order valence-electron chi connectivity index (χ1n) is 7.48. The van der Waals surface area contributed by atoms with Gasteiger partial charge in [-0.1, -0.05) is 0 Å². The number of nitrogens with one attached hydrogen (secondary N) is 2. The zero-order valence-corrected chi connectivity index (χ0v) is 11.9. The van der Waals surface area contributed by atoms with Crippen LogP contribution in [0.4, 0.5) is 0 Å². The molecular formula is C14H28N4. The van der Waals surface area contributed by atoms with Crippen LogP contribution in [0.15, 0.2) is 4.99 Å². The van der Waals surface area contributed by atoms with E-state index in [4.69, 9.17) is 0 Å². The van der Waals surface area contributed by atoms with E-state index in [0.29, 0.717) is 0 Å². The molecule has 18 heavy (non-hydrogen) atoms. The lowest BCUT2D eigenvalue weighted by molar-refractivity contribution is 0.220. The Balaban J connectivity index is 1.69. The number of hydrogen-bond acceptors (Lipinski definition) is 2. The number of aliphatic imine (C=N–C) groups is 1. The molecule has 0 bridgehead atoms. The molecule has 1 aliphatic carbocycles. The van der Waals surface area contributed by atoms with Gasteiger partial charge in [-0.05, 0) is 64.6 Å². The molecule has 0 atom stereocenters. The maximum absolute atomic E-state index is 4.66. The average Bonchev–Trinajstić information content (AvgIpc) is 3.19. The van der Waals surface area contributed by atoms with Crippen LogP contribution in [0.2, 0.25) is 0 Å². The molecule has 0 aromatic carbocycles. The molecule has 0 unspecified atom stereocenters. The summed E-state index contributed by atoms with van der Waals surface area (Å²) in [5.74, 6) is 2.69. The highest BCUT2D eigenvalue weighted by atomic mass is 15.2. The fraction of sp³-hybridized carbons (Fsp3) is 0.929. The average molecular weight is 252 g/mol. The zero-order valence-electron chi connectivity index (χ0n) is 11.9. The number of rotatable bonds is 5. The summed E-state index contributed by atoms with van der Waals surface area (Å²) in [4.78, 5) is 7.08. The summed E-state index contributed by atoms with van der Waals surface area (Å²) in [6.45, 7) is 7.63. The summed E-state index contributed by atoms with van der Waals surface area (Å²) >= 11 is 0. The molecule has 4 heteroatoms. The smallest absolute Gasteiger partial charge is 0.191 e. The van der Waals surface area contributed by atoms with Crippen molar-refractivity contribution in [3.05, 3.63) is 0 Å². The summed E-state index contributed by atoms with van der Waals surface area (Å²) in [7, 11) is 2.21.